The number of aromatic nitrogens is 4. The average Bonchev–Trinajstić information content (AvgIpc) is 3.29. The van der Waals surface area contributed by atoms with Gasteiger partial charge < -0.3 is 19.6 Å². The van der Waals surface area contributed by atoms with E-state index in [0.717, 1.165) is 114 Å². The SMILES string of the molecule is CC(=O)N1CCN(CC#Cc2ccc(CN(CC(C)(C)C)c3ccnc(C#N)n3)cc2)CC1.CC(=O)N1CCN(CCCc2ccc(CN(CC(C)(C)C)c3ccnc(C#N)n3)cc2)CC1. The number of nitriles is 2. The fourth-order valence-corrected chi connectivity index (χ4v) is 7.95. The average molecular weight is 893 g/mol. The molecule has 2 amide bonds. The van der Waals surface area contributed by atoms with Gasteiger partial charge in [-0.15, -0.1) is 0 Å². The summed E-state index contributed by atoms with van der Waals surface area (Å²) in [4.78, 5) is 52.7. The first kappa shape index (κ1) is 50.6. The molecule has 14 nitrogen and oxygen atoms in total. The van der Waals surface area contributed by atoms with E-state index >= 15 is 0 Å². The predicted octanol–water partition coefficient (Wildman–Crippen LogP) is 6.41. The number of amides is 2. The highest BCUT2D eigenvalue weighted by Crippen LogP contribution is 2.24. The Labute approximate surface area is 393 Å². The van der Waals surface area contributed by atoms with Crippen LogP contribution in [0.1, 0.15) is 95.7 Å². The normalized spacial score (nSPS) is 14.5. The van der Waals surface area contributed by atoms with Crippen molar-refractivity contribution in [2.75, 3.05) is 88.3 Å². The fraction of sp³-hybridized carbons (Fsp3) is 0.500. The van der Waals surface area contributed by atoms with Gasteiger partial charge in [0.25, 0.3) is 0 Å². The molecule has 2 aromatic heterocycles. The van der Waals surface area contributed by atoms with Crippen molar-refractivity contribution in [1.29, 1.82) is 10.5 Å². The summed E-state index contributed by atoms with van der Waals surface area (Å²) in [7, 11) is 0. The number of aryl methyl sites for hydroxylation is 1. The number of rotatable bonds is 13. The molecule has 0 unspecified atom stereocenters. The minimum absolute atomic E-state index is 0.0685. The van der Waals surface area contributed by atoms with Gasteiger partial charge in [-0.3, -0.25) is 19.4 Å². The molecular weight excluding hydrogens is 825 g/mol. The van der Waals surface area contributed by atoms with E-state index in [-0.39, 0.29) is 34.3 Å². The van der Waals surface area contributed by atoms with Gasteiger partial charge in [-0.2, -0.15) is 10.5 Å². The van der Waals surface area contributed by atoms with Gasteiger partial charge in [0.15, 0.2) is 0 Å². The first-order chi connectivity index (χ1) is 31.5. The third kappa shape index (κ3) is 17.2. The molecule has 0 bridgehead atoms. The van der Waals surface area contributed by atoms with Crippen LogP contribution < -0.4 is 9.80 Å². The lowest BCUT2D eigenvalue weighted by Gasteiger charge is -2.34. The maximum Gasteiger partial charge on any atom is 0.234 e. The van der Waals surface area contributed by atoms with Crippen molar-refractivity contribution in [3.63, 3.8) is 0 Å². The van der Waals surface area contributed by atoms with Crippen molar-refractivity contribution in [2.45, 2.75) is 81.3 Å². The van der Waals surface area contributed by atoms with E-state index in [2.05, 4.69) is 129 Å². The lowest BCUT2D eigenvalue weighted by molar-refractivity contribution is -0.131. The maximum atomic E-state index is 11.5. The highest BCUT2D eigenvalue weighted by atomic mass is 16.2. The second-order valence-corrected chi connectivity index (χ2v) is 19.6. The zero-order valence-corrected chi connectivity index (χ0v) is 40.4. The van der Waals surface area contributed by atoms with E-state index in [1.165, 1.54) is 11.1 Å². The van der Waals surface area contributed by atoms with Gasteiger partial charge >= 0.3 is 0 Å². The molecule has 14 heteroatoms. The van der Waals surface area contributed by atoms with Crippen molar-refractivity contribution in [1.82, 2.24) is 39.5 Å². The first-order valence-electron chi connectivity index (χ1n) is 23.0. The van der Waals surface area contributed by atoms with Gasteiger partial charge in [0, 0.05) is 110 Å². The molecule has 0 saturated carbocycles. The van der Waals surface area contributed by atoms with Crippen LogP contribution in [-0.2, 0) is 29.1 Å². The van der Waals surface area contributed by atoms with Crippen LogP contribution in [0, 0.1) is 45.3 Å². The Hall–Kier alpha value is -6.40. The Morgan fingerprint density at radius 1 is 0.606 bits per heavy atom. The molecule has 348 valence electrons. The monoisotopic (exact) mass is 893 g/mol. The standard InChI is InChI=1S/C26H36N6O.C26H32N6O/c2*1-21(33)31-16-14-30(15-17-31)13-5-6-22-7-9-23(10-8-22)19-32(20-26(2,3)4)25-11-12-28-24(18-27)29-25/h7-12H,5-6,13-17,19-20H2,1-4H3;7-12H,13-17,19-20H2,1-4H3. The largest absolute Gasteiger partial charge is 0.352 e. The summed E-state index contributed by atoms with van der Waals surface area (Å²) in [6.45, 7) is 28.2. The van der Waals surface area contributed by atoms with Gasteiger partial charge in [-0.25, -0.2) is 19.9 Å². The van der Waals surface area contributed by atoms with E-state index in [1.54, 1.807) is 26.2 Å². The van der Waals surface area contributed by atoms with Gasteiger partial charge in [0.05, 0.1) is 6.54 Å². The molecule has 2 saturated heterocycles. The van der Waals surface area contributed by atoms with E-state index in [4.69, 9.17) is 5.26 Å². The Morgan fingerprint density at radius 3 is 1.45 bits per heavy atom. The summed E-state index contributed by atoms with van der Waals surface area (Å²) >= 11 is 0. The number of hydrogen-bond acceptors (Lipinski definition) is 12. The van der Waals surface area contributed by atoms with Crippen molar-refractivity contribution in [2.24, 2.45) is 10.8 Å². The number of anilines is 2. The van der Waals surface area contributed by atoms with Gasteiger partial charge in [-0.1, -0.05) is 89.8 Å². The number of hydrogen-bond donors (Lipinski definition) is 0. The molecule has 6 rings (SSSR count). The van der Waals surface area contributed by atoms with Crippen LogP contribution in [0.25, 0.3) is 0 Å². The van der Waals surface area contributed by atoms with Gasteiger partial charge in [0.1, 0.15) is 23.8 Å². The first-order valence-corrected chi connectivity index (χ1v) is 23.0. The van der Waals surface area contributed by atoms with Crippen LogP contribution in [0.2, 0.25) is 0 Å². The maximum absolute atomic E-state index is 11.5. The molecule has 0 N–H and O–H groups in total. The van der Waals surface area contributed by atoms with Crippen LogP contribution in [0.5, 0.6) is 0 Å². The minimum atomic E-state index is 0.0685. The van der Waals surface area contributed by atoms with Crippen LogP contribution in [0.15, 0.2) is 73.1 Å². The van der Waals surface area contributed by atoms with Crippen LogP contribution in [0.3, 0.4) is 0 Å². The predicted molar refractivity (Wildman–Crippen MR) is 260 cm³/mol. The molecule has 2 fully saturated rings. The Kier molecular flexibility index (Phi) is 18.6. The van der Waals surface area contributed by atoms with E-state index in [9.17, 15) is 14.9 Å². The molecule has 0 aliphatic carbocycles. The molecule has 66 heavy (non-hydrogen) atoms. The van der Waals surface area contributed by atoms with Crippen molar-refractivity contribution < 1.29 is 9.59 Å². The topological polar surface area (TPSA) is 153 Å². The lowest BCUT2D eigenvalue weighted by Crippen LogP contribution is -2.48. The zero-order valence-electron chi connectivity index (χ0n) is 40.4. The van der Waals surface area contributed by atoms with Crippen molar-refractivity contribution in [3.8, 4) is 24.0 Å². The van der Waals surface area contributed by atoms with Crippen molar-refractivity contribution >= 4 is 23.5 Å². The van der Waals surface area contributed by atoms with Crippen LogP contribution >= 0.6 is 0 Å². The molecule has 4 aromatic rings. The van der Waals surface area contributed by atoms with Gasteiger partial charge in [-0.05, 0) is 71.2 Å². The Balaban J connectivity index is 0.000000247. The number of benzene rings is 2. The van der Waals surface area contributed by atoms with Crippen molar-refractivity contribution in [3.05, 3.63) is 107 Å². The molecule has 2 aliphatic rings. The molecule has 0 atom stereocenters. The molecule has 4 heterocycles. The molecule has 0 radical (unpaired) electrons. The summed E-state index contributed by atoms with van der Waals surface area (Å²) in [5, 5.41) is 18.3. The van der Waals surface area contributed by atoms with Crippen LogP contribution in [0.4, 0.5) is 11.6 Å². The smallest absolute Gasteiger partial charge is 0.234 e. The molecule has 2 aliphatic heterocycles. The molecule has 0 spiro atoms. The zero-order chi connectivity index (χ0) is 47.7. The second-order valence-electron chi connectivity index (χ2n) is 19.6. The highest BCUT2D eigenvalue weighted by molar-refractivity contribution is 5.73. The Bertz CT molecular complexity index is 2330. The minimum Gasteiger partial charge on any atom is -0.352 e. The second kappa shape index (κ2) is 24.2. The summed E-state index contributed by atoms with van der Waals surface area (Å²) in [6.07, 6.45) is 5.46. The van der Waals surface area contributed by atoms with E-state index in [0.29, 0.717) is 13.1 Å². The van der Waals surface area contributed by atoms with Crippen LogP contribution in [-0.4, -0.2) is 130 Å². The lowest BCUT2D eigenvalue weighted by atomic mass is 9.95. The molecule has 2 aromatic carbocycles. The number of nitrogens with zero attached hydrogens (tertiary/aromatic N) is 12. The number of carbonyl (C=O) groups excluding carboxylic acids is 2. The summed E-state index contributed by atoms with van der Waals surface area (Å²) < 4.78 is 0. The molecular formula is C52H68N12O2. The summed E-state index contributed by atoms with van der Waals surface area (Å²) in [6, 6.07) is 24.9. The summed E-state index contributed by atoms with van der Waals surface area (Å²) in [5.41, 5.74) is 4.87. The van der Waals surface area contributed by atoms with E-state index in [1.807, 2.05) is 46.2 Å². The third-order valence-corrected chi connectivity index (χ3v) is 11.3. The van der Waals surface area contributed by atoms with Gasteiger partial charge in [0.2, 0.25) is 23.5 Å². The quantitative estimate of drug-likeness (QED) is 0.136. The highest BCUT2D eigenvalue weighted by Gasteiger charge is 2.22. The number of carbonyl (C=O) groups is 2. The van der Waals surface area contributed by atoms with E-state index < -0.39 is 0 Å². The third-order valence-electron chi connectivity index (χ3n) is 11.3. The number of piperazine rings is 2. The Morgan fingerprint density at radius 2 is 1.03 bits per heavy atom. The summed E-state index contributed by atoms with van der Waals surface area (Å²) in [5.74, 6) is 8.75. The fourth-order valence-electron chi connectivity index (χ4n) is 7.95.